The molecule has 1 N–H and O–H groups in total. The highest BCUT2D eigenvalue weighted by molar-refractivity contribution is 5.88. The molecular weight excluding hydrogens is 426 g/mol. The molecule has 0 saturated carbocycles. The van der Waals surface area contributed by atoms with Crippen molar-refractivity contribution < 1.29 is 28.7 Å². The van der Waals surface area contributed by atoms with Crippen LogP contribution in [0.4, 0.5) is 4.79 Å². The quantitative estimate of drug-likeness (QED) is 0.665. The van der Waals surface area contributed by atoms with Gasteiger partial charge in [-0.25, -0.2) is 9.59 Å². The Morgan fingerprint density at radius 3 is 2.55 bits per heavy atom. The minimum Gasteiger partial charge on any atom is -0.467 e. The van der Waals surface area contributed by atoms with Crippen LogP contribution >= 0.6 is 0 Å². The van der Waals surface area contributed by atoms with Gasteiger partial charge in [0.1, 0.15) is 6.61 Å². The number of carbonyl (C=O) groups is 4. The predicted octanol–water partition coefficient (Wildman–Crippen LogP) is 1.48. The Bertz CT molecular complexity index is 1060. The van der Waals surface area contributed by atoms with Gasteiger partial charge in [0.2, 0.25) is 11.8 Å². The van der Waals surface area contributed by atoms with Crippen LogP contribution in [0.5, 0.6) is 0 Å². The largest absolute Gasteiger partial charge is 0.467 e. The molecule has 9 heteroatoms. The molecule has 0 aromatic heterocycles. The van der Waals surface area contributed by atoms with Gasteiger partial charge in [-0.15, -0.1) is 0 Å². The first kappa shape index (κ1) is 22.6. The highest BCUT2D eigenvalue weighted by Gasteiger charge is 2.44. The van der Waals surface area contributed by atoms with E-state index in [9.17, 15) is 19.2 Å². The van der Waals surface area contributed by atoms with Crippen LogP contribution in [-0.4, -0.2) is 79.1 Å². The van der Waals surface area contributed by atoms with E-state index < -0.39 is 18.1 Å². The fourth-order valence-corrected chi connectivity index (χ4v) is 4.43. The molecule has 2 aromatic rings. The normalized spacial score (nSPS) is 18.8. The van der Waals surface area contributed by atoms with Crippen molar-refractivity contribution in [1.29, 1.82) is 0 Å². The molecule has 174 valence electrons. The van der Waals surface area contributed by atoms with E-state index in [-0.39, 0.29) is 37.4 Å². The zero-order valence-corrected chi connectivity index (χ0v) is 18.5. The van der Waals surface area contributed by atoms with Gasteiger partial charge < -0.3 is 19.7 Å². The predicted molar refractivity (Wildman–Crippen MR) is 119 cm³/mol. The number of piperidine rings is 1. The maximum Gasteiger partial charge on any atom is 0.410 e. The second kappa shape index (κ2) is 9.89. The van der Waals surface area contributed by atoms with Crippen LogP contribution in [0.3, 0.4) is 0 Å². The van der Waals surface area contributed by atoms with Crippen molar-refractivity contribution in [2.75, 3.05) is 33.4 Å². The topological polar surface area (TPSA) is 105 Å². The van der Waals surface area contributed by atoms with Crippen LogP contribution in [0.1, 0.15) is 18.4 Å². The van der Waals surface area contributed by atoms with E-state index in [2.05, 4.69) is 5.32 Å². The highest BCUT2D eigenvalue weighted by atomic mass is 16.6. The SMILES string of the molecule is COC(=O)[C@@H]1COC(=O)N1C1CCN(C(=O)CNC(=O)Cc2ccc3ccccc3c2)CC1. The molecule has 0 aliphatic carbocycles. The summed E-state index contributed by atoms with van der Waals surface area (Å²) in [4.78, 5) is 52.0. The molecule has 2 heterocycles. The number of hydrogen-bond donors (Lipinski definition) is 1. The zero-order valence-electron chi connectivity index (χ0n) is 18.5. The number of esters is 1. The minimum atomic E-state index is -0.746. The Kier molecular flexibility index (Phi) is 6.76. The Balaban J connectivity index is 1.24. The van der Waals surface area contributed by atoms with E-state index in [1.54, 1.807) is 4.90 Å². The number of hydrogen-bond acceptors (Lipinski definition) is 6. The van der Waals surface area contributed by atoms with Gasteiger partial charge in [0.25, 0.3) is 0 Å². The van der Waals surface area contributed by atoms with Crippen LogP contribution < -0.4 is 5.32 Å². The lowest BCUT2D eigenvalue weighted by molar-refractivity contribution is -0.146. The Morgan fingerprint density at radius 1 is 1.09 bits per heavy atom. The van der Waals surface area contributed by atoms with Crippen molar-refractivity contribution in [3.8, 4) is 0 Å². The van der Waals surface area contributed by atoms with Crippen molar-refractivity contribution in [1.82, 2.24) is 15.1 Å². The Hall–Kier alpha value is -3.62. The summed E-state index contributed by atoms with van der Waals surface area (Å²) >= 11 is 0. The number of nitrogens with zero attached hydrogens (tertiary/aromatic N) is 2. The number of rotatable bonds is 6. The summed E-state index contributed by atoms with van der Waals surface area (Å²) < 4.78 is 9.79. The average Bonchev–Trinajstić information content (AvgIpc) is 3.23. The molecular formula is C24H27N3O6. The summed E-state index contributed by atoms with van der Waals surface area (Å²) in [5.74, 6) is -0.892. The summed E-state index contributed by atoms with van der Waals surface area (Å²) in [5, 5.41) is 4.88. The average molecular weight is 453 g/mol. The van der Waals surface area contributed by atoms with E-state index in [4.69, 9.17) is 9.47 Å². The standard InChI is InChI=1S/C24H27N3O6/c1-32-23(30)20-15-33-24(31)27(20)19-8-10-26(11-9-19)22(29)14-25-21(28)13-16-6-7-17-4-2-3-5-18(17)12-16/h2-7,12,19-20H,8-11,13-15H2,1H3,(H,25,28)/t20-/m0/s1. The van der Waals surface area contributed by atoms with Crippen molar-refractivity contribution >= 4 is 34.6 Å². The molecule has 3 amide bonds. The molecule has 0 spiro atoms. The molecule has 9 nitrogen and oxygen atoms in total. The minimum absolute atomic E-state index is 0.0199. The van der Waals surface area contributed by atoms with E-state index in [0.717, 1.165) is 16.3 Å². The smallest absolute Gasteiger partial charge is 0.410 e. The summed E-state index contributed by atoms with van der Waals surface area (Å²) in [7, 11) is 1.28. The first-order valence-corrected chi connectivity index (χ1v) is 11.0. The molecule has 2 aliphatic heterocycles. The molecule has 0 bridgehead atoms. The van der Waals surface area contributed by atoms with Crippen molar-refractivity contribution in [3.05, 3.63) is 48.0 Å². The maximum absolute atomic E-state index is 12.6. The maximum atomic E-state index is 12.6. The van der Waals surface area contributed by atoms with Crippen LogP contribution in [0.15, 0.2) is 42.5 Å². The lowest BCUT2D eigenvalue weighted by Crippen LogP contribution is -2.53. The molecule has 2 saturated heterocycles. The van der Waals surface area contributed by atoms with E-state index in [0.29, 0.717) is 25.9 Å². The number of fused-ring (bicyclic) bond motifs is 1. The monoisotopic (exact) mass is 453 g/mol. The number of nitrogens with one attached hydrogen (secondary N) is 1. The van der Waals surface area contributed by atoms with E-state index in [1.165, 1.54) is 12.0 Å². The Morgan fingerprint density at radius 2 is 1.82 bits per heavy atom. The van der Waals surface area contributed by atoms with Gasteiger partial charge in [0, 0.05) is 19.1 Å². The van der Waals surface area contributed by atoms with Gasteiger partial charge in [-0.2, -0.15) is 0 Å². The second-order valence-electron chi connectivity index (χ2n) is 8.27. The number of benzene rings is 2. The lowest BCUT2D eigenvalue weighted by Gasteiger charge is -2.37. The van der Waals surface area contributed by atoms with Gasteiger partial charge in [-0.05, 0) is 29.2 Å². The van der Waals surface area contributed by atoms with Crippen LogP contribution in [0.2, 0.25) is 0 Å². The molecule has 2 aromatic carbocycles. The third kappa shape index (κ3) is 5.08. The number of carbonyl (C=O) groups excluding carboxylic acids is 4. The lowest BCUT2D eigenvalue weighted by atomic mass is 10.0. The van der Waals surface area contributed by atoms with Crippen LogP contribution in [-0.2, 0) is 30.3 Å². The fraction of sp³-hybridized carbons (Fsp3) is 0.417. The third-order valence-corrected chi connectivity index (χ3v) is 6.21. The molecule has 33 heavy (non-hydrogen) atoms. The highest BCUT2D eigenvalue weighted by Crippen LogP contribution is 2.24. The first-order valence-electron chi connectivity index (χ1n) is 11.0. The van der Waals surface area contributed by atoms with Gasteiger partial charge in [0.05, 0.1) is 20.1 Å². The first-order chi connectivity index (χ1) is 16.0. The van der Waals surface area contributed by atoms with Crippen molar-refractivity contribution in [2.45, 2.75) is 31.3 Å². The summed E-state index contributed by atoms with van der Waals surface area (Å²) in [6, 6.07) is 12.9. The van der Waals surface area contributed by atoms with Gasteiger partial charge in [-0.1, -0.05) is 42.5 Å². The van der Waals surface area contributed by atoms with Crippen molar-refractivity contribution in [3.63, 3.8) is 0 Å². The number of cyclic esters (lactones) is 1. The van der Waals surface area contributed by atoms with Gasteiger partial charge in [0.15, 0.2) is 6.04 Å². The summed E-state index contributed by atoms with van der Waals surface area (Å²) in [6.45, 7) is 0.769. The van der Waals surface area contributed by atoms with Crippen LogP contribution in [0.25, 0.3) is 10.8 Å². The second-order valence-corrected chi connectivity index (χ2v) is 8.27. The van der Waals surface area contributed by atoms with Crippen LogP contribution in [0, 0.1) is 0 Å². The number of amides is 3. The third-order valence-electron chi connectivity index (χ3n) is 6.21. The molecule has 0 radical (unpaired) electrons. The number of methoxy groups -OCH3 is 1. The fourth-order valence-electron chi connectivity index (χ4n) is 4.43. The molecule has 2 fully saturated rings. The summed E-state index contributed by atoms with van der Waals surface area (Å²) in [6.07, 6.45) is 0.724. The number of likely N-dealkylation sites (tertiary alicyclic amines) is 1. The number of ether oxygens (including phenoxy) is 2. The van der Waals surface area contributed by atoms with Crippen molar-refractivity contribution in [2.24, 2.45) is 0 Å². The van der Waals surface area contributed by atoms with Gasteiger partial charge >= 0.3 is 12.1 Å². The molecule has 0 unspecified atom stereocenters. The summed E-state index contributed by atoms with van der Waals surface area (Å²) in [5.41, 5.74) is 0.886. The molecule has 1 atom stereocenters. The zero-order chi connectivity index (χ0) is 23.4. The van der Waals surface area contributed by atoms with E-state index in [1.807, 2.05) is 42.5 Å². The molecule has 2 aliphatic rings. The van der Waals surface area contributed by atoms with E-state index >= 15 is 0 Å². The van der Waals surface area contributed by atoms with Gasteiger partial charge in [-0.3, -0.25) is 14.5 Å². The Labute approximate surface area is 191 Å². The molecule has 4 rings (SSSR count).